The lowest BCUT2D eigenvalue weighted by Gasteiger charge is -2.07. The minimum atomic E-state index is -0.199. The average Bonchev–Trinajstić information content (AvgIpc) is 3.24. The summed E-state index contributed by atoms with van der Waals surface area (Å²) >= 11 is 1.28. The van der Waals surface area contributed by atoms with E-state index in [2.05, 4.69) is 27.4 Å². The van der Waals surface area contributed by atoms with Crippen molar-refractivity contribution in [1.82, 2.24) is 9.88 Å². The highest BCUT2D eigenvalue weighted by atomic mass is 32.1. The number of aliphatic imine (C=N–C) groups is 1. The Morgan fingerprint density at radius 2 is 1.45 bits per heavy atom. The van der Waals surface area contributed by atoms with Gasteiger partial charge in [0.1, 0.15) is 4.88 Å². The van der Waals surface area contributed by atoms with Crippen LogP contribution in [0, 0.1) is 0 Å². The molecule has 31 heavy (non-hydrogen) atoms. The molecule has 0 aliphatic carbocycles. The van der Waals surface area contributed by atoms with Crippen LogP contribution in [0.4, 0.5) is 10.8 Å². The highest BCUT2D eigenvalue weighted by Crippen LogP contribution is 2.33. The van der Waals surface area contributed by atoms with Crippen molar-refractivity contribution in [2.45, 2.75) is 0 Å². The van der Waals surface area contributed by atoms with Crippen molar-refractivity contribution in [2.75, 3.05) is 19.4 Å². The zero-order valence-corrected chi connectivity index (χ0v) is 18.1. The lowest BCUT2D eigenvalue weighted by molar-refractivity contribution is 0.103. The molecule has 0 spiro atoms. The molecule has 0 aliphatic heterocycles. The fourth-order valence-corrected chi connectivity index (χ4v) is 3.86. The first kappa shape index (κ1) is 20.5. The number of anilines is 1. The van der Waals surface area contributed by atoms with E-state index in [1.165, 1.54) is 11.3 Å². The van der Waals surface area contributed by atoms with Gasteiger partial charge in [-0.15, -0.1) is 0 Å². The van der Waals surface area contributed by atoms with E-state index in [9.17, 15) is 4.79 Å². The van der Waals surface area contributed by atoms with Crippen LogP contribution in [0.15, 0.2) is 89.9 Å². The van der Waals surface area contributed by atoms with E-state index in [4.69, 9.17) is 0 Å². The maximum atomic E-state index is 13.1. The van der Waals surface area contributed by atoms with E-state index in [0.29, 0.717) is 15.7 Å². The predicted molar refractivity (Wildman–Crippen MR) is 129 cm³/mol. The number of carbonyl (C=O) groups is 1. The molecular weight excluding hydrogens is 404 g/mol. The Hall–Kier alpha value is -3.77. The summed E-state index contributed by atoms with van der Waals surface area (Å²) in [5, 5.41) is 3.53. The molecule has 4 aromatic rings. The van der Waals surface area contributed by atoms with Crippen LogP contribution < -0.4 is 5.32 Å². The number of benzene rings is 3. The molecule has 0 saturated heterocycles. The maximum Gasteiger partial charge on any atom is 0.268 e. The second-order valence-electron chi connectivity index (χ2n) is 7.15. The zero-order chi connectivity index (χ0) is 21.6. The minimum absolute atomic E-state index is 0.199. The smallest absolute Gasteiger partial charge is 0.268 e. The molecule has 1 heterocycles. The van der Waals surface area contributed by atoms with E-state index in [1.807, 2.05) is 91.8 Å². The highest BCUT2D eigenvalue weighted by molar-refractivity contribution is 7.17. The van der Waals surface area contributed by atoms with Crippen LogP contribution in [0.25, 0.3) is 22.4 Å². The van der Waals surface area contributed by atoms with Gasteiger partial charge in [-0.05, 0) is 23.3 Å². The summed E-state index contributed by atoms with van der Waals surface area (Å²) in [6, 6.07) is 27.7. The number of thiazole rings is 1. The summed E-state index contributed by atoms with van der Waals surface area (Å²) in [4.78, 5) is 24.5. The number of nitrogens with zero attached hydrogens (tertiary/aromatic N) is 3. The van der Waals surface area contributed by atoms with Gasteiger partial charge in [0.05, 0.1) is 12.0 Å². The Kier molecular flexibility index (Phi) is 6.19. The Labute approximate surface area is 185 Å². The van der Waals surface area contributed by atoms with Crippen LogP contribution in [-0.4, -0.2) is 36.2 Å². The number of aromatic nitrogens is 1. The Balaban J connectivity index is 1.60. The highest BCUT2D eigenvalue weighted by Gasteiger charge is 2.19. The monoisotopic (exact) mass is 426 g/mol. The zero-order valence-electron chi connectivity index (χ0n) is 17.3. The van der Waals surface area contributed by atoms with Gasteiger partial charge in [-0.25, -0.2) is 9.98 Å². The lowest BCUT2D eigenvalue weighted by Crippen LogP contribution is -2.11. The Morgan fingerprint density at radius 3 is 2.06 bits per heavy atom. The summed E-state index contributed by atoms with van der Waals surface area (Å²) in [6.07, 6.45) is 1.68. The minimum Gasteiger partial charge on any atom is -0.369 e. The van der Waals surface area contributed by atoms with Crippen LogP contribution in [0.2, 0.25) is 0 Å². The number of nitrogens with one attached hydrogen (secondary N) is 1. The van der Waals surface area contributed by atoms with Gasteiger partial charge in [-0.3, -0.25) is 4.79 Å². The Bertz CT molecular complexity index is 1180. The normalized spacial score (nSPS) is 10.9. The summed E-state index contributed by atoms with van der Waals surface area (Å²) < 4.78 is 0. The lowest BCUT2D eigenvalue weighted by atomic mass is 10.1. The molecule has 6 heteroatoms. The molecule has 4 rings (SSSR count). The molecule has 0 aliphatic rings. The van der Waals surface area contributed by atoms with Crippen LogP contribution in [0.1, 0.15) is 9.67 Å². The maximum absolute atomic E-state index is 13.1. The molecule has 3 aromatic carbocycles. The van der Waals surface area contributed by atoms with Crippen LogP contribution in [-0.2, 0) is 0 Å². The molecule has 0 saturated carbocycles. The molecule has 0 unspecified atom stereocenters. The molecule has 1 aromatic heterocycles. The van der Waals surface area contributed by atoms with Crippen molar-refractivity contribution < 1.29 is 4.79 Å². The second-order valence-corrected chi connectivity index (χ2v) is 8.12. The Morgan fingerprint density at radius 1 is 0.871 bits per heavy atom. The van der Waals surface area contributed by atoms with Gasteiger partial charge >= 0.3 is 0 Å². The van der Waals surface area contributed by atoms with Gasteiger partial charge in [0, 0.05) is 25.3 Å². The molecule has 1 amide bonds. The van der Waals surface area contributed by atoms with Gasteiger partial charge in [0.25, 0.3) is 5.91 Å². The van der Waals surface area contributed by atoms with Gasteiger partial charge in [0.2, 0.25) is 5.13 Å². The molecule has 0 fully saturated rings. The van der Waals surface area contributed by atoms with E-state index < -0.39 is 0 Å². The van der Waals surface area contributed by atoms with Gasteiger partial charge < -0.3 is 10.2 Å². The largest absolute Gasteiger partial charge is 0.369 e. The van der Waals surface area contributed by atoms with Crippen molar-refractivity contribution in [1.29, 1.82) is 0 Å². The third-order valence-corrected chi connectivity index (χ3v) is 5.48. The van der Waals surface area contributed by atoms with Gasteiger partial charge in [-0.1, -0.05) is 84.1 Å². The topological polar surface area (TPSA) is 57.6 Å². The molecule has 1 N–H and O–H groups in total. The molecule has 0 atom stereocenters. The van der Waals surface area contributed by atoms with E-state index >= 15 is 0 Å². The van der Waals surface area contributed by atoms with Gasteiger partial charge in [-0.2, -0.15) is 0 Å². The fourth-order valence-electron chi connectivity index (χ4n) is 3.04. The van der Waals surface area contributed by atoms with Crippen LogP contribution in [0.5, 0.6) is 0 Å². The van der Waals surface area contributed by atoms with Crippen molar-refractivity contribution in [3.8, 4) is 22.4 Å². The van der Waals surface area contributed by atoms with Crippen molar-refractivity contribution in [3.05, 3.63) is 89.8 Å². The summed E-state index contributed by atoms with van der Waals surface area (Å²) in [5.41, 5.74) is 4.49. The molecule has 5 nitrogen and oxygen atoms in total. The van der Waals surface area contributed by atoms with Crippen molar-refractivity contribution in [3.63, 3.8) is 0 Å². The van der Waals surface area contributed by atoms with E-state index in [0.717, 1.165) is 22.4 Å². The quantitative estimate of drug-likeness (QED) is 0.306. The number of rotatable bonds is 6. The number of hydrogen-bond donors (Lipinski definition) is 1. The second kappa shape index (κ2) is 9.36. The predicted octanol–water partition coefficient (Wildman–Crippen LogP) is 5.95. The SMILES string of the molecule is CN(C)/C=N/c1nc(-c2ccccc2)c(C(=O)Nc2ccc(-c3ccccc3)cc2)s1. The van der Waals surface area contributed by atoms with Crippen LogP contribution >= 0.6 is 11.3 Å². The van der Waals surface area contributed by atoms with Crippen LogP contribution in [0.3, 0.4) is 0 Å². The summed E-state index contributed by atoms with van der Waals surface area (Å²) in [5.74, 6) is -0.199. The number of carbonyl (C=O) groups excluding carboxylic acids is 1. The molecule has 0 bridgehead atoms. The number of hydrogen-bond acceptors (Lipinski definition) is 4. The first-order valence-corrected chi connectivity index (χ1v) is 10.7. The third kappa shape index (κ3) is 5.05. The summed E-state index contributed by atoms with van der Waals surface area (Å²) in [7, 11) is 3.78. The summed E-state index contributed by atoms with van der Waals surface area (Å²) in [6.45, 7) is 0. The standard InChI is InChI=1S/C25H22N4OS/c1-29(2)17-26-25-28-22(20-11-7-4-8-12-20)23(31-25)24(30)27-21-15-13-19(14-16-21)18-9-5-3-6-10-18/h3-17H,1-2H3,(H,27,30)/b26-17+. The molecular formula is C25H22N4OS. The molecule has 154 valence electrons. The fraction of sp³-hybridized carbons (Fsp3) is 0.0800. The number of amides is 1. The first-order chi connectivity index (χ1) is 15.1. The molecule has 0 radical (unpaired) electrons. The van der Waals surface area contributed by atoms with Crippen molar-refractivity contribution >= 4 is 34.4 Å². The van der Waals surface area contributed by atoms with Gasteiger partial charge in [0.15, 0.2) is 0 Å². The average molecular weight is 427 g/mol. The first-order valence-electron chi connectivity index (χ1n) is 9.84. The van der Waals surface area contributed by atoms with E-state index in [-0.39, 0.29) is 5.91 Å². The van der Waals surface area contributed by atoms with Crippen molar-refractivity contribution in [2.24, 2.45) is 4.99 Å². The third-order valence-electron chi connectivity index (χ3n) is 4.52. The van der Waals surface area contributed by atoms with E-state index in [1.54, 1.807) is 6.34 Å².